The molecule has 1 amide bonds. The van der Waals surface area contributed by atoms with Crippen molar-refractivity contribution in [2.75, 3.05) is 19.6 Å². The van der Waals surface area contributed by atoms with Crippen molar-refractivity contribution in [3.05, 3.63) is 57.8 Å². The first-order chi connectivity index (χ1) is 13.0. The lowest BCUT2D eigenvalue weighted by molar-refractivity contribution is -0.121. The summed E-state index contributed by atoms with van der Waals surface area (Å²) in [4.78, 5) is 27.4. The highest BCUT2D eigenvalue weighted by Crippen LogP contribution is 2.20. The molecular weight excluding hydrogens is 356 g/mol. The molecule has 1 atom stereocenters. The van der Waals surface area contributed by atoms with Crippen molar-refractivity contribution >= 4 is 23.0 Å². The maximum absolute atomic E-state index is 12.3. The van der Waals surface area contributed by atoms with Crippen LogP contribution in [0.3, 0.4) is 0 Å². The first-order valence-corrected chi connectivity index (χ1v) is 10.6. The summed E-state index contributed by atoms with van der Waals surface area (Å²) in [5.74, 6) is 0.136. The average molecular weight is 387 g/mol. The molecule has 0 fully saturated rings. The van der Waals surface area contributed by atoms with Crippen LogP contribution in [0, 0.1) is 6.92 Å². The minimum absolute atomic E-state index is 0.0123. The van der Waals surface area contributed by atoms with Crippen molar-refractivity contribution in [3.63, 3.8) is 0 Å². The second-order valence-corrected chi connectivity index (χ2v) is 7.65. The van der Waals surface area contributed by atoms with E-state index in [1.807, 2.05) is 17.5 Å². The zero-order valence-corrected chi connectivity index (χ0v) is 17.3. The Kier molecular flexibility index (Phi) is 8.69. The van der Waals surface area contributed by atoms with Crippen molar-refractivity contribution in [1.82, 2.24) is 10.2 Å². The van der Waals surface area contributed by atoms with Gasteiger partial charge in [0.25, 0.3) is 0 Å². The fourth-order valence-electron chi connectivity index (χ4n) is 3.18. The lowest BCUT2D eigenvalue weighted by atomic mass is 10.0. The van der Waals surface area contributed by atoms with E-state index in [-0.39, 0.29) is 17.7 Å². The van der Waals surface area contributed by atoms with Crippen LogP contribution in [0.2, 0.25) is 0 Å². The summed E-state index contributed by atoms with van der Waals surface area (Å²) in [6.07, 6.45) is 1.39. The molecule has 27 heavy (non-hydrogen) atoms. The van der Waals surface area contributed by atoms with Crippen molar-refractivity contribution in [2.24, 2.45) is 0 Å². The molecule has 1 aromatic heterocycles. The van der Waals surface area contributed by atoms with Gasteiger partial charge in [0, 0.05) is 19.4 Å². The van der Waals surface area contributed by atoms with Gasteiger partial charge in [-0.15, -0.1) is 11.3 Å². The third-order valence-electron chi connectivity index (χ3n) is 4.81. The SMILES string of the molecule is CCN(CC)C(CNC(=O)CCCC(=O)c1cccs1)c1ccc(C)cc1. The largest absolute Gasteiger partial charge is 0.354 e. The number of amides is 1. The quantitative estimate of drug-likeness (QED) is 0.574. The van der Waals surface area contributed by atoms with E-state index in [0.717, 1.165) is 18.0 Å². The number of nitrogens with one attached hydrogen (secondary N) is 1. The number of benzene rings is 1. The van der Waals surface area contributed by atoms with Gasteiger partial charge in [-0.3, -0.25) is 14.5 Å². The fraction of sp³-hybridized carbons (Fsp3) is 0.455. The second kappa shape index (κ2) is 11.0. The molecule has 0 radical (unpaired) electrons. The van der Waals surface area contributed by atoms with Gasteiger partial charge in [0.1, 0.15) is 0 Å². The molecule has 2 rings (SSSR count). The number of thiophene rings is 1. The van der Waals surface area contributed by atoms with Crippen molar-refractivity contribution in [2.45, 2.75) is 46.1 Å². The molecule has 0 aliphatic rings. The molecule has 146 valence electrons. The van der Waals surface area contributed by atoms with E-state index in [9.17, 15) is 9.59 Å². The van der Waals surface area contributed by atoms with Gasteiger partial charge in [0.05, 0.1) is 10.9 Å². The van der Waals surface area contributed by atoms with Crippen LogP contribution < -0.4 is 5.32 Å². The first kappa shape index (κ1) is 21.3. The molecule has 0 aliphatic heterocycles. The average Bonchev–Trinajstić information content (AvgIpc) is 3.21. The highest BCUT2D eigenvalue weighted by atomic mass is 32.1. The maximum atomic E-state index is 12.3. The summed E-state index contributed by atoms with van der Waals surface area (Å²) >= 11 is 1.46. The number of hydrogen-bond acceptors (Lipinski definition) is 4. The van der Waals surface area contributed by atoms with E-state index < -0.39 is 0 Å². The van der Waals surface area contributed by atoms with Crippen LogP contribution in [-0.2, 0) is 4.79 Å². The standard InChI is InChI=1S/C22H30N2O2S/c1-4-24(5-2)19(18-13-11-17(3)12-14-18)16-23-22(26)10-6-8-20(25)21-9-7-15-27-21/h7,9,11-15,19H,4-6,8,10,16H2,1-3H3,(H,23,26). The normalized spacial score (nSPS) is 12.1. The number of aryl methyl sites for hydroxylation is 1. The van der Waals surface area contributed by atoms with Crippen LogP contribution in [-0.4, -0.2) is 36.2 Å². The molecule has 1 heterocycles. The van der Waals surface area contributed by atoms with Gasteiger partial charge >= 0.3 is 0 Å². The van der Waals surface area contributed by atoms with Gasteiger partial charge in [0.15, 0.2) is 5.78 Å². The second-order valence-electron chi connectivity index (χ2n) is 6.71. The van der Waals surface area contributed by atoms with Gasteiger partial charge in [-0.2, -0.15) is 0 Å². The van der Waals surface area contributed by atoms with E-state index in [1.54, 1.807) is 0 Å². The molecule has 5 heteroatoms. The fourth-order valence-corrected chi connectivity index (χ4v) is 3.87. The summed E-state index contributed by atoms with van der Waals surface area (Å²) in [7, 11) is 0. The Morgan fingerprint density at radius 1 is 1.07 bits per heavy atom. The minimum Gasteiger partial charge on any atom is -0.354 e. The molecule has 2 aromatic rings. The van der Waals surface area contributed by atoms with E-state index in [1.165, 1.54) is 22.5 Å². The van der Waals surface area contributed by atoms with Crippen LogP contribution >= 0.6 is 11.3 Å². The molecule has 0 spiro atoms. The smallest absolute Gasteiger partial charge is 0.220 e. The van der Waals surface area contributed by atoms with Gasteiger partial charge in [-0.05, 0) is 43.4 Å². The number of Topliss-reactive ketones (excluding diaryl/α,β-unsaturated/α-hetero) is 1. The van der Waals surface area contributed by atoms with Gasteiger partial charge in [-0.1, -0.05) is 49.7 Å². The Hall–Kier alpha value is -1.98. The Morgan fingerprint density at radius 2 is 1.78 bits per heavy atom. The Morgan fingerprint density at radius 3 is 2.37 bits per heavy atom. The zero-order valence-electron chi connectivity index (χ0n) is 16.5. The number of carbonyl (C=O) groups is 2. The van der Waals surface area contributed by atoms with Crippen LogP contribution in [0.4, 0.5) is 0 Å². The highest BCUT2D eigenvalue weighted by molar-refractivity contribution is 7.12. The van der Waals surface area contributed by atoms with Crippen molar-refractivity contribution in [3.8, 4) is 0 Å². The number of ketones is 1. The molecule has 1 unspecified atom stereocenters. The maximum Gasteiger partial charge on any atom is 0.220 e. The molecule has 1 N–H and O–H groups in total. The zero-order chi connectivity index (χ0) is 19.6. The summed E-state index contributed by atoms with van der Waals surface area (Å²) in [6.45, 7) is 8.81. The lowest BCUT2D eigenvalue weighted by Crippen LogP contribution is -2.38. The van der Waals surface area contributed by atoms with Crippen LogP contribution in [0.5, 0.6) is 0 Å². The van der Waals surface area contributed by atoms with Gasteiger partial charge in [-0.25, -0.2) is 0 Å². The van der Waals surface area contributed by atoms with Crippen LogP contribution in [0.15, 0.2) is 41.8 Å². The summed E-state index contributed by atoms with van der Waals surface area (Å²) in [5, 5.41) is 4.97. The monoisotopic (exact) mass is 386 g/mol. The molecule has 1 aromatic carbocycles. The predicted molar refractivity (Wildman–Crippen MR) is 112 cm³/mol. The number of likely N-dealkylation sites (N-methyl/N-ethyl adjacent to an activating group) is 1. The van der Waals surface area contributed by atoms with E-state index in [0.29, 0.717) is 25.8 Å². The van der Waals surface area contributed by atoms with E-state index in [2.05, 4.69) is 55.3 Å². The molecule has 0 saturated carbocycles. The molecular formula is C22H30N2O2S. The van der Waals surface area contributed by atoms with Gasteiger partial charge < -0.3 is 5.32 Å². The van der Waals surface area contributed by atoms with E-state index >= 15 is 0 Å². The number of nitrogens with zero attached hydrogens (tertiary/aromatic N) is 1. The summed E-state index contributed by atoms with van der Waals surface area (Å²) < 4.78 is 0. The topological polar surface area (TPSA) is 49.4 Å². The molecule has 4 nitrogen and oxygen atoms in total. The first-order valence-electron chi connectivity index (χ1n) is 9.69. The number of hydrogen-bond donors (Lipinski definition) is 1. The van der Waals surface area contributed by atoms with Gasteiger partial charge in [0.2, 0.25) is 5.91 Å². The lowest BCUT2D eigenvalue weighted by Gasteiger charge is -2.30. The number of carbonyl (C=O) groups excluding carboxylic acids is 2. The Balaban J connectivity index is 1.85. The van der Waals surface area contributed by atoms with Crippen molar-refractivity contribution < 1.29 is 9.59 Å². The third kappa shape index (κ3) is 6.60. The van der Waals surface area contributed by atoms with Crippen LogP contribution in [0.1, 0.15) is 60.0 Å². The Labute approximate surface area is 166 Å². The highest BCUT2D eigenvalue weighted by Gasteiger charge is 2.19. The Bertz CT molecular complexity index is 706. The predicted octanol–water partition coefficient (Wildman–Crippen LogP) is 4.61. The molecule has 0 bridgehead atoms. The van der Waals surface area contributed by atoms with E-state index in [4.69, 9.17) is 0 Å². The third-order valence-corrected chi connectivity index (χ3v) is 5.72. The molecule has 0 saturated heterocycles. The minimum atomic E-state index is 0.0123. The number of rotatable bonds is 11. The van der Waals surface area contributed by atoms with Crippen molar-refractivity contribution in [1.29, 1.82) is 0 Å². The van der Waals surface area contributed by atoms with Crippen LogP contribution in [0.25, 0.3) is 0 Å². The summed E-state index contributed by atoms with van der Waals surface area (Å²) in [6, 6.07) is 12.4. The molecule has 0 aliphatic carbocycles. The summed E-state index contributed by atoms with van der Waals surface area (Å²) in [5.41, 5.74) is 2.45.